The van der Waals surface area contributed by atoms with Crippen LogP contribution in [0.2, 0.25) is 5.02 Å². The van der Waals surface area contributed by atoms with Crippen LogP contribution in [0.15, 0.2) is 59.8 Å². The molecule has 0 saturated heterocycles. The Morgan fingerprint density at radius 3 is 2.44 bits per heavy atom. The Bertz CT molecular complexity index is 1300. The molecule has 0 radical (unpaired) electrons. The predicted octanol–water partition coefficient (Wildman–Crippen LogP) is 5.42. The predicted molar refractivity (Wildman–Crippen MR) is 134 cm³/mol. The largest absolute Gasteiger partial charge is 0.344 e. The Morgan fingerprint density at radius 1 is 1.06 bits per heavy atom. The second kappa shape index (κ2) is 10.4. The average Bonchev–Trinajstić information content (AvgIpc) is 3.23. The van der Waals surface area contributed by atoms with Crippen molar-refractivity contribution < 1.29 is 4.79 Å². The number of halogens is 1. The van der Waals surface area contributed by atoms with Gasteiger partial charge in [-0.05, 0) is 57.0 Å². The van der Waals surface area contributed by atoms with Crippen molar-refractivity contribution in [2.45, 2.75) is 44.6 Å². The molecule has 0 saturated carbocycles. The number of nitrogens with one attached hydrogen (secondary N) is 1. The maximum Gasteiger partial charge on any atom is 0.274 e. The van der Waals surface area contributed by atoms with E-state index in [9.17, 15) is 4.79 Å². The molecule has 0 aliphatic carbocycles. The molecule has 4 aromatic rings. The molecule has 0 fully saturated rings. The zero-order valence-electron chi connectivity index (χ0n) is 19.4. The molecule has 1 unspecified atom stereocenters. The fourth-order valence-electron chi connectivity index (χ4n) is 3.51. The van der Waals surface area contributed by atoms with Crippen LogP contribution in [0, 0.1) is 20.8 Å². The third-order valence-electron chi connectivity index (χ3n) is 5.33. The number of hydrogen-bond donors (Lipinski definition) is 1. The number of rotatable bonds is 7. The van der Waals surface area contributed by atoms with Crippen molar-refractivity contribution in [2.75, 3.05) is 0 Å². The first kappa shape index (κ1) is 23.9. The highest BCUT2D eigenvalue weighted by Crippen LogP contribution is 2.26. The van der Waals surface area contributed by atoms with Gasteiger partial charge >= 0.3 is 0 Å². The summed E-state index contributed by atoms with van der Waals surface area (Å²) in [5.41, 5.74) is 5.38. The van der Waals surface area contributed by atoms with Crippen molar-refractivity contribution in [3.8, 4) is 5.69 Å². The standard InChI is InChI=1S/C25H25ClN6OS/c1-15-10-11-20(13-21(15)26)32-22(14-34-25-27-16(2)12-17(3)28-25)23(30-31-32)24(33)29-18(4)19-8-6-5-7-9-19/h5-13,18H,14H2,1-4H3,(H,29,33). The normalized spacial score (nSPS) is 11.9. The fraction of sp³-hybridized carbons (Fsp3) is 0.240. The minimum atomic E-state index is -0.294. The van der Waals surface area contributed by atoms with Crippen LogP contribution in [0.5, 0.6) is 0 Å². The number of aryl methyl sites for hydroxylation is 3. The van der Waals surface area contributed by atoms with Crippen molar-refractivity contribution in [1.29, 1.82) is 0 Å². The summed E-state index contributed by atoms with van der Waals surface area (Å²) in [5.74, 6) is 0.113. The van der Waals surface area contributed by atoms with Crippen molar-refractivity contribution in [1.82, 2.24) is 30.3 Å². The second-order valence-corrected chi connectivity index (χ2v) is 9.41. The van der Waals surface area contributed by atoms with Crippen molar-refractivity contribution in [3.63, 3.8) is 0 Å². The molecule has 0 aliphatic rings. The van der Waals surface area contributed by atoms with Crippen molar-refractivity contribution >= 4 is 29.3 Å². The van der Waals surface area contributed by atoms with Crippen LogP contribution >= 0.6 is 23.4 Å². The quantitative estimate of drug-likeness (QED) is 0.274. The van der Waals surface area contributed by atoms with Crippen LogP contribution in [-0.2, 0) is 5.75 Å². The summed E-state index contributed by atoms with van der Waals surface area (Å²) in [5, 5.41) is 12.8. The molecule has 0 bridgehead atoms. The highest BCUT2D eigenvalue weighted by molar-refractivity contribution is 7.98. The minimum Gasteiger partial charge on any atom is -0.344 e. The molecule has 4 rings (SSSR count). The van der Waals surface area contributed by atoms with E-state index in [0.29, 0.717) is 21.6 Å². The summed E-state index contributed by atoms with van der Waals surface area (Å²) in [7, 11) is 0. The average molecular weight is 493 g/mol. The highest BCUT2D eigenvalue weighted by atomic mass is 35.5. The van der Waals surface area contributed by atoms with Crippen LogP contribution in [0.4, 0.5) is 0 Å². The Labute approximate surface area is 208 Å². The Hall–Kier alpha value is -3.23. The number of carbonyl (C=O) groups excluding carboxylic acids is 1. The number of carbonyl (C=O) groups is 1. The van der Waals surface area contributed by atoms with E-state index in [2.05, 4.69) is 25.6 Å². The molecule has 0 spiro atoms. The van der Waals surface area contributed by atoms with Crippen LogP contribution < -0.4 is 5.32 Å². The Balaban J connectivity index is 1.67. The van der Waals surface area contributed by atoms with Gasteiger partial charge in [0.05, 0.1) is 17.4 Å². The molecule has 1 amide bonds. The smallest absolute Gasteiger partial charge is 0.274 e. The first-order valence-corrected chi connectivity index (χ1v) is 12.2. The number of nitrogens with zero attached hydrogens (tertiary/aromatic N) is 5. The number of amides is 1. The van der Waals surface area contributed by atoms with Crippen LogP contribution in [0.1, 0.15) is 51.7 Å². The Morgan fingerprint density at radius 2 is 1.76 bits per heavy atom. The monoisotopic (exact) mass is 492 g/mol. The molecule has 2 heterocycles. The van der Waals surface area contributed by atoms with E-state index < -0.39 is 0 Å². The third kappa shape index (κ3) is 5.46. The van der Waals surface area contributed by atoms with Gasteiger partial charge in [-0.15, -0.1) is 5.10 Å². The molecule has 174 valence electrons. The van der Waals surface area contributed by atoms with E-state index in [0.717, 1.165) is 28.2 Å². The SMILES string of the molecule is Cc1cc(C)nc(SCc2c(C(=O)NC(C)c3ccccc3)nnn2-c2ccc(C)c(Cl)c2)n1. The fourth-order valence-corrected chi connectivity index (χ4v) is 4.63. The minimum absolute atomic E-state index is 0.184. The Kier molecular flexibility index (Phi) is 7.29. The topological polar surface area (TPSA) is 85.6 Å². The van der Waals surface area contributed by atoms with Gasteiger partial charge in [0.15, 0.2) is 10.9 Å². The molecule has 7 nitrogen and oxygen atoms in total. The molecule has 2 aromatic carbocycles. The molecular weight excluding hydrogens is 468 g/mol. The maximum absolute atomic E-state index is 13.2. The second-order valence-electron chi connectivity index (χ2n) is 8.06. The number of benzene rings is 2. The van der Waals surface area contributed by atoms with E-state index in [1.165, 1.54) is 11.8 Å². The maximum atomic E-state index is 13.2. The zero-order chi connectivity index (χ0) is 24.2. The van der Waals surface area contributed by atoms with Gasteiger partial charge in [0.1, 0.15) is 0 Å². The molecule has 0 aliphatic heterocycles. The van der Waals surface area contributed by atoms with Crippen molar-refractivity contribution in [2.24, 2.45) is 0 Å². The van der Waals surface area contributed by atoms with E-state index in [4.69, 9.17) is 11.6 Å². The highest BCUT2D eigenvalue weighted by Gasteiger charge is 2.23. The van der Waals surface area contributed by atoms with Gasteiger partial charge in [0.25, 0.3) is 5.91 Å². The third-order valence-corrected chi connectivity index (χ3v) is 6.59. The lowest BCUT2D eigenvalue weighted by atomic mass is 10.1. The van der Waals surface area contributed by atoms with E-state index in [-0.39, 0.29) is 17.6 Å². The van der Waals surface area contributed by atoms with E-state index >= 15 is 0 Å². The zero-order valence-corrected chi connectivity index (χ0v) is 21.0. The lowest BCUT2D eigenvalue weighted by Gasteiger charge is -2.14. The van der Waals surface area contributed by atoms with Crippen LogP contribution in [0.3, 0.4) is 0 Å². The number of thioether (sulfide) groups is 1. The van der Waals surface area contributed by atoms with Crippen molar-refractivity contribution in [3.05, 3.63) is 93.5 Å². The summed E-state index contributed by atoms with van der Waals surface area (Å²) < 4.78 is 1.66. The number of hydrogen-bond acceptors (Lipinski definition) is 6. The molecule has 9 heteroatoms. The van der Waals surface area contributed by atoms with Gasteiger partial charge in [-0.2, -0.15) is 0 Å². The van der Waals surface area contributed by atoms with Gasteiger partial charge < -0.3 is 5.32 Å². The molecular formula is C25H25ClN6OS. The van der Waals surface area contributed by atoms with Gasteiger partial charge in [0.2, 0.25) is 0 Å². The summed E-state index contributed by atoms with van der Waals surface area (Å²) in [6, 6.07) is 17.2. The first-order chi connectivity index (χ1) is 16.3. The summed E-state index contributed by atoms with van der Waals surface area (Å²) in [6.07, 6.45) is 0. The van der Waals surface area contributed by atoms with E-state index in [1.54, 1.807) is 4.68 Å². The van der Waals surface area contributed by atoms with E-state index in [1.807, 2.05) is 82.3 Å². The van der Waals surface area contributed by atoms with Gasteiger partial charge in [-0.25, -0.2) is 14.6 Å². The van der Waals surface area contributed by atoms with Crippen LogP contribution in [-0.4, -0.2) is 30.9 Å². The lowest BCUT2D eigenvalue weighted by Crippen LogP contribution is -2.28. The van der Waals surface area contributed by atoms with Gasteiger partial charge in [-0.3, -0.25) is 4.79 Å². The number of aromatic nitrogens is 5. The molecule has 34 heavy (non-hydrogen) atoms. The molecule has 1 N–H and O–H groups in total. The van der Waals surface area contributed by atoms with Crippen LogP contribution in [0.25, 0.3) is 5.69 Å². The molecule has 1 atom stereocenters. The van der Waals surface area contributed by atoms with Gasteiger partial charge in [0, 0.05) is 22.2 Å². The summed E-state index contributed by atoms with van der Waals surface area (Å²) >= 11 is 7.80. The lowest BCUT2D eigenvalue weighted by molar-refractivity contribution is 0.0934. The summed E-state index contributed by atoms with van der Waals surface area (Å²) in [4.78, 5) is 22.2. The van der Waals surface area contributed by atoms with Gasteiger partial charge in [-0.1, -0.05) is 65.0 Å². The first-order valence-electron chi connectivity index (χ1n) is 10.8. The molecule has 2 aromatic heterocycles. The summed E-state index contributed by atoms with van der Waals surface area (Å²) in [6.45, 7) is 7.74.